The normalized spacial score (nSPS) is 9.23. The Bertz CT molecular complexity index is 312. The molecule has 0 aliphatic carbocycles. The number of aromatic nitrogens is 2. The molecule has 1 aromatic rings. The second-order valence-electron chi connectivity index (χ2n) is 2.22. The number of rotatable bonds is 3. The number of amides is 2. The Hall–Kier alpha value is -1.98. The molecule has 0 aliphatic heterocycles. The van der Waals surface area contributed by atoms with E-state index in [2.05, 4.69) is 15.3 Å². The first-order valence-corrected chi connectivity index (χ1v) is 3.53. The van der Waals surface area contributed by atoms with Gasteiger partial charge in [0.2, 0.25) is 11.7 Å². The van der Waals surface area contributed by atoms with Crippen LogP contribution in [0.1, 0.15) is 10.6 Å². The van der Waals surface area contributed by atoms with E-state index in [0.717, 1.165) is 0 Å². The van der Waals surface area contributed by atoms with Crippen LogP contribution in [0.2, 0.25) is 0 Å². The maximum atomic E-state index is 11.1. The summed E-state index contributed by atoms with van der Waals surface area (Å²) in [5.41, 5.74) is 4.82. The van der Waals surface area contributed by atoms with Crippen LogP contribution >= 0.6 is 0 Å². The molecule has 0 radical (unpaired) electrons. The molecular weight excluding hydrogens is 172 g/mol. The Morgan fingerprint density at radius 3 is 2.54 bits per heavy atom. The third-order valence-corrected chi connectivity index (χ3v) is 1.19. The molecule has 0 saturated carbocycles. The lowest BCUT2D eigenvalue weighted by Gasteiger charge is -1.99. The maximum Gasteiger partial charge on any atom is 0.289 e. The van der Waals surface area contributed by atoms with Crippen molar-refractivity contribution >= 4 is 11.8 Å². The van der Waals surface area contributed by atoms with Crippen molar-refractivity contribution in [3.05, 3.63) is 24.3 Å². The number of carbonyl (C=O) groups excluding carboxylic acids is 2. The highest BCUT2D eigenvalue weighted by Crippen LogP contribution is 1.85. The molecule has 13 heavy (non-hydrogen) atoms. The van der Waals surface area contributed by atoms with Gasteiger partial charge in [0.15, 0.2) is 0 Å². The molecule has 0 aromatic carbocycles. The molecule has 3 N–H and O–H groups in total. The van der Waals surface area contributed by atoms with Crippen LogP contribution in [0.4, 0.5) is 0 Å². The third kappa shape index (κ3) is 2.86. The highest BCUT2D eigenvalue weighted by atomic mass is 16.2. The van der Waals surface area contributed by atoms with Gasteiger partial charge in [0.25, 0.3) is 5.91 Å². The summed E-state index contributed by atoms with van der Waals surface area (Å²) in [6.07, 6.45) is 2.87. The lowest BCUT2D eigenvalue weighted by atomic mass is 10.5. The summed E-state index contributed by atoms with van der Waals surface area (Å²) in [4.78, 5) is 28.8. The van der Waals surface area contributed by atoms with Crippen molar-refractivity contribution in [3.63, 3.8) is 0 Å². The maximum absolute atomic E-state index is 11.1. The first-order chi connectivity index (χ1) is 6.20. The third-order valence-electron chi connectivity index (χ3n) is 1.19. The molecule has 0 bridgehead atoms. The molecule has 1 rings (SSSR count). The smallest absolute Gasteiger partial charge is 0.289 e. The molecule has 6 heteroatoms. The van der Waals surface area contributed by atoms with Gasteiger partial charge in [-0.25, -0.2) is 9.97 Å². The molecule has 68 valence electrons. The quantitative estimate of drug-likeness (QED) is 0.603. The van der Waals surface area contributed by atoms with Crippen LogP contribution in [0.5, 0.6) is 0 Å². The number of nitrogens with one attached hydrogen (secondary N) is 1. The fourth-order valence-corrected chi connectivity index (χ4v) is 0.663. The molecular formula is C7H8N4O2. The molecule has 2 amide bonds. The summed E-state index contributed by atoms with van der Waals surface area (Å²) < 4.78 is 0. The van der Waals surface area contributed by atoms with Crippen LogP contribution in [-0.2, 0) is 4.79 Å². The highest BCUT2D eigenvalue weighted by molar-refractivity contribution is 5.92. The van der Waals surface area contributed by atoms with E-state index in [1.54, 1.807) is 6.07 Å². The zero-order valence-corrected chi connectivity index (χ0v) is 6.73. The van der Waals surface area contributed by atoms with E-state index < -0.39 is 11.8 Å². The molecule has 1 aromatic heterocycles. The second kappa shape index (κ2) is 4.15. The van der Waals surface area contributed by atoms with E-state index in [9.17, 15) is 9.59 Å². The zero-order valence-electron chi connectivity index (χ0n) is 6.73. The fraction of sp³-hybridized carbons (Fsp3) is 0.143. The minimum atomic E-state index is -0.607. The van der Waals surface area contributed by atoms with Crippen LogP contribution in [0.15, 0.2) is 18.5 Å². The number of primary amides is 1. The summed E-state index contributed by atoms with van der Waals surface area (Å²) in [6.45, 7) is -0.211. The predicted octanol–water partition coefficient (Wildman–Crippen LogP) is -1.31. The standard InChI is InChI=1S/C7H8N4O2/c8-5(12)4-11-7(13)6-9-2-1-3-10-6/h1-3H,4H2,(H2,8,12)(H,11,13). The molecule has 6 nitrogen and oxygen atoms in total. The molecule has 0 aliphatic rings. The van der Waals surface area contributed by atoms with Crippen molar-refractivity contribution in [3.8, 4) is 0 Å². The van der Waals surface area contributed by atoms with Gasteiger partial charge in [-0.05, 0) is 6.07 Å². The van der Waals surface area contributed by atoms with Crippen molar-refractivity contribution in [2.75, 3.05) is 6.54 Å². The minimum absolute atomic E-state index is 0.0174. The SMILES string of the molecule is NC(=O)CNC(=O)c1ncccn1. The Kier molecular flexibility index (Phi) is 2.91. The van der Waals surface area contributed by atoms with Crippen LogP contribution < -0.4 is 11.1 Å². The van der Waals surface area contributed by atoms with Gasteiger partial charge >= 0.3 is 0 Å². The van der Waals surface area contributed by atoms with Gasteiger partial charge in [-0.3, -0.25) is 9.59 Å². The van der Waals surface area contributed by atoms with Crippen LogP contribution in [0.25, 0.3) is 0 Å². The van der Waals surface area contributed by atoms with Crippen LogP contribution in [0, 0.1) is 0 Å². The lowest BCUT2D eigenvalue weighted by molar-refractivity contribution is -0.117. The van der Waals surface area contributed by atoms with Crippen molar-refractivity contribution in [2.24, 2.45) is 5.73 Å². The highest BCUT2D eigenvalue weighted by Gasteiger charge is 2.07. The number of hydrogen-bond donors (Lipinski definition) is 2. The average molecular weight is 180 g/mol. The number of nitrogens with two attached hydrogens (primary N) is 1. The van der Waals surface area contributed by atoms with E-state index in [4.69, 9.17) is 5.73 Å². The van der Waals surface area contributed by atoms with E-state index in [1.807, 2.05) is 0 Å². The summed E-state index contributed by atoms with van der Waals surface area (Å²) in [5.74, 6) is -1.10. The van der Waals surface area contributed by atoms with E-state index in [-0.39, 0.29) is 12.4 Å². The average Bonchev–Trinajstić information content (AvgIpc) is 2.15. The van der Waals surface area contributed by atoms with Gasteiger partial charge in [0.1, 0.15) is 0 Å². The predicted molar refractivity (Wildman–Crippen MR) is 43.6 cm³/mol. The minimum Gasteiger partial charge on any atom is -0.368 e. The Labute approximate surface area is 74.2 Å². The zero-order chi connectivity index (χ0) is 9.68. The summed E-state index contributed by atoms with van der Waals surface area (Å²) >= 11 is 0. The Morgan fingerprint density at radius 1 is 1.38 bits per heavy atom. The number of hydrogen-bond acceptors (Lipinski definition) is 4. The van der Waals surface area contributed by atoms with E-state index >= 15 is 0 Å². The van der Waals surface area contributed by atoms with Gasteiger partial charge in [-0.15, -0.1) is 0 Å². The molecule has 0 unspecified atom stereocenters. The number of carbonyl (C=O) groups is 2. The Morgan fingerprint density at radius 2 is 2.00 bits per heavy atom. The van der Waals surface area contributed by atoms with Crippen LogP contribution in [0.3, 0.4) is 0 Å². The molecule has 0 spiro atoms. The topological polar surface area (TPSA) is 98.0 Å². The summed E-state index contributed by atoms with van der Waals surface area (Å²) in [7, 11) is 0. The van der Waals surface area contributed by atoms with Gasteiger partial charge < -0.3 is 11.1 Å². The van der Waals surface area contributed by atoms with Gasteiger partial charge in [0, 0.05) is 12.4 Å². The molecule has 0 fully saturated rings. The first kappa shape index (κ1) is 9.11. The summed E-state index contributed by atoms with van der Waals surface area (Å²) in [5, 5.41) is 2.26. The lowest BCUT2D eigenvalue weighted by Crippen LogP contribution is -2.34. The van der Waals surface area contributed by atoms with E-state index in [1.165, 1.54) is 12.4 Å². The summed E-state index contributed by atoms with van der Waals surface area (Å²) in [6, 6.07) is 1.59. The van der Waals surface area contributed by atoms with Crippen molar-refractivity contribution in [1.29, 1.82) is 0 Å². The van der Waals surface area contributed by atoms with Gasteiger partial charge in [-0.2, -0.15) is 0 Å². The van der Waals surface area contributed by atoms with E-state index in [0.29, 0.717) is 0 Å². The van der Waals surface area contributed by atoms with Gasteiger partial charge in [-0.1, -0.05) is 0 Å². The molecule has 0 saturated heterocycles. The number of nitrogens with zero attached hydrogens (tertiary/aromatic N) is 2. The Balaban J connectivity index is 2.54. The largest absolute Gasteiger partial charge is 0.368 e. The fourth-order valence-electron chi connectivity index (χ4n) is 0.663. The van der Waals surface area contributed by atoms with Crippen molar-refractivity contribution in [2.45, 2.75) is 0 Å². The monoisotopic (exact) mass is 180 g/mol. The second-order valence-corrected chi connectivity index (χ2v) is 2.22. The molecule has 1 heterocycles. The van der Waals surface area contributed by atoms with Crippen molar-refractivity contribution < 1.29 is 9.59 Å². The van der Waals surface area contributed by atoms with Crippen molar-refractivity contribution in [1.82, 2.24) is 15.3 Å². The molecule has 0 atom stereocenters. The van der Waals surface area contributed by atoms with Crippen LogP contribution in [-0.4, -0.2) is 28.3 Å². The van der Waals surface area contributed by atoms with Gasteiger partial charge in [0.05, 0.1) is 6.54 Å². The first-order valence-electron chi connectivity index (χ1n) is 3.53.